The predicted molar refractivity (Wildman–Crippen MR) is 60.6 cm³/mol. The van der Waals surface area contributed by atoms with Crippen LogP contribution in [-0.4, -0.2) is 30.7 Å². The molecule has 15 heavy (non-hydrogen) atoms. The Hall–Kier alpha value is -0.870. The first-order valence-electron chi connectivity index (χ1n) is 4.90. The normalized spacial score (nSPS) is 16.5. The zero-order valence-electron chi connectivity index (χ0n) is 8.28. The van der Waals surface area contributed by atoms with Gasteiger partial charge in [-0.25, -0.2) is 0 Å². The number of hydrogen-bond donors (Lipinski definition) is 0. The maximum Gasteiger partial charge on any atom is 0.255 e. The molecule has 1 heterocycles. The van der Waals surface area contributed by atoms with E-state index >= 15 is 0 Å². The van der Waals surface area contributed by atoms with Crippen LogP contribution in [0.3, 0.4) is 0 Å². The lowest BCUT2D eigenvalue weighted by atomic mass is 10.2. The maximum absolute atomic E-state index is 11.9. The Morgan fingerprint density at radius 3 is 2.67 bits per heavy atom. The molecule has 0 unspecified atom stereocenters. The molecule has 80 valence electrons. The third-order valence-electron chi connectivity index (χ3n) is 2.34. The number of carbonyl (C=O) groups excluding carboxylic acids is 1. The summed E-state index contributed by atoms with van der Waals surface area (Å²) in [7, 11) is 0. The molecule has 0 saturated carbocycles. The number of nitrogens with zero attached hydrogens (tertiary/aromatic N) is 1. The monoisotopic (exact) mass is 269 g/mol. The molecule has 1 aliphatic heterocycles. The Morgan fingerprint density at radius 1 is 1.33 bits per heavy atom. The molecule has 4 heteroatoms. The Bertz CT molecular complexity index is 344. The van der Waals surface area contributed by atoms with Gasteiger partial charge < -0.3 is 9.64 Å². The van der Waals surface area contributed by atoms with Crippen molar-refractivity contribution in [2.75, 3.05) is 19.9 Å². The van der Waals surface area contributed by atoms with Crippen LogP contribution < -0.4 is 0 Å². The number of benzene rings is 1. The van der Waals surface area contributed by atoms with E-state index in [2.05, 4.69) is 15.9 Å². The fourth-order valence-electron chi connectivity index (χ4n) is 1.53. The topological polar surface area (TPSA) is 29.5 Å². The van der Waals surface area contributed by atoms with Crippen LogP contribution in [0.4, 0.5) is 0 Å². The molecule has 0 aromatic heterocycles. The van der Waals surface area contributed by atoms with Gasteiger partial charge in [0.25, 0.3) is 5.91 Å². The van der Waals surface area contributed by atoms with Crippen LogP contribution in [-0.2, 0) is 4.74 Å². The quantitative estimate of drug-likeness (QED) is 0.783. The van der Waals surface area contributed by atoms with E-state index in [1.54, 1.807) is 4.90 Å². The molecular weight excluding hydrogens is 258 g/mol. The summed E-state index contributed by atoms with van der Waals surface area (Å²) < 4.78 is 6.22. The molecule has 1 aromatic rings. The SMILES string of the molecule is O=C(c1ccc(Br)cc1)N1CCCOC1. The van der Waals surface area contributed by atoms with Crippen LogP contribution in [0.2, 0.25) is 0 Å². The van der Waals surface area contributed by atoms with E-state index in [0.717, 1.165) is 24.0 Å². The number of carbonyl (C=O) groups is 1. The third-order valence-corrected chi connectivity index (χ3v) is 2.87. The highest BCUT2D eigenvalue weighted by molar-refractivity contribution is 9.10. The van der Waals surface area contributed by atoms with Crippen LogP contribution in [0.25, 0.3) is 0 Å². The summed E-state index contributed by atoms with van der Waals surface area (Å²) in [6.45, 7) is 1.95. The molecular formula is C11H12BrNO2. The zero-order chi connectivity index (χ0) is 10.7. The van der Waals surface area contributed by atoms with Crippen LogP contribution >= 0.6 is 15.9 Å². The second-order valence-electron chi connectivity index (χ2n) is 3.47. The van der Waals surface area contributed by atoms with E-state index in [4.69, 9.17) is 4.74 Å². The lowest BCUT2D eigenvalue weighted by molar-refractivity contribution is -0.00571. The first-order valence-corrected chi connectivity index (χ1v) is 5.69. The first-order chi connectivity index (χ1) is 7.27. The van der Waals surface area contributed by atoms with Gasteiger partial charge in [0.15, 0.2) is 0 Å². The summed E-state index contributed by atoms with van der Waals surface area (Å²) in [5, 5.41) is 0. The molecule has 1 amide bonds. The van der Waals surface area contributed by atoms with E-state index in [1.165, 1.54) is 0 Å². The summed E-state index contributed by atoms with van der Waals surface area (Å²) in [6.07, 6.45) is 0.919. The van der Waals surface area contributed by atoms with Crippen molar-refractivity contribution in [1.29, 1.82) is 0 Å². The summed E-state index contributed by atoms with van der Waals surface area (Å²) in [5.74, 6) is 0.0437. The highest BCUT2D eigenvalue weighted by Gasteiger charge is 2.17. The minimum Gasteiger partial charge on any atom is -0.361 e. The van der Waals surface area contributed by atoms with Gasteiger partial charge in [0.2, 0.25) is 0 Å². The number of hydrogen-bond acceptors (Lipinski definition) is 2. The van der Waals surface area contributed by atoms with Crippen LogP contribution in [0, 0.1) is 0 Å². The van der Waals surface area contributed by atoms with Crippen molar-refractivity contribution in [3.8, 4) is 0 Å². The third kappa shape index (κ3) is 2.58. The number of ether oxygens (including phenoxy) is 1. The Morgan fingerprint density at radius 2 is 2.07 bits per heavy atom. The average Bonchev–Trinajstić information content (AvgIpc) is 2.30. The molecule has 1 aliphatic rings. The van der Waals surface area contributed by atoms with Gasteiger partial charge in [0, 0.05) is 16.6 Å². The van der Waals surface area contributed by atoms with Crippen molar-refractivity contribution >= 4 is 21.8 Å². The molecule has 2 rings (SSSR count). The van der Waals surface area contributed by atoms with E-state index < -0.39 is 0 Å². The van der Waals surface area contributed by atoms with Gasteiger partial charge in [0.05, 0.1) is 6.61 Å². The molecule has 0 bridgehead atoms. The minimum absolute atomic E-state index is 0.0437. The lowest BCUT2D eigenvalue weighted by Crippen LogP contribution is -2.38. The molecule has 1 fully saturated rings. The second kappa shape index (κ2) is 4.77. The van der Waals surface area contributed by atoms with Crippen LogP contribution in [0.1, 0.15) is 16.8 Å². The largest absolute Gasteiger partial charge is 0.361 e. The van der Waals surface area contributed by atoms with Gasteiger partial charge in [-0.2, -0.15) is 0 Å². The molecule has 1 saturated heterocycles. The van der Waals surface area contributed by atoms with E-state index in [0.29, 0.717) is 12.3 Å². The van der Waals surface area contributed by atoms with E-state index in [9.17, 15) is 4.79 Å². The number of rotatable bonds is 1. The van der Waals surface area contributed by atoms with Gasteiger partial charge in [-0.15, -0.1) is 0 Å². The summed E-state index contributed by atoms with van der Waals surface area (Å²) in [6, 6.07) is 7.39. The first kappa shape index (κ1) is 10.6. The van der Waals surface area contributed by atoms with Gasteiger partial charge in [-0.05, 0) is 30.7 Å². The number of halogens is 1. The van der Waals surface area contributed by atoms with Gasteiger partial charge >= 0.3 is 0 Å². The van der Waals surface area contributed by atoms with Crippen molar-refractivity contribution < 1.29 is 9.53 Å². The summed E-state index contributed by atoms with van der Waals surface area (Å²) in [4.78, 5) is 13.7. The molecule has 1 aromatic carbocycles. The Kier molecular flexibility index (Phi) is 3.38. The predicted octanol–water partition coefficient (Wildman–Crippen LogP) is 2.27. The zero-order valence-corrected chi connectivity index (χ0v) is 9.87. The second-order valence-corrected chi connectivity index (χ2v) is 4.38. The summed E-state index contributed by atoms with van der Waals surface area (Å²) >= 11 is 3.34. The van der Waals surface area contributed by atoms with Crippen LogP contribution in [0.5, 0.6) is 0 Å². The minimum atomic E-state index is 0.0437. The fourth-order valence-corrected chi connectivity index (χ4v) is 1.80. The molecule has 0 aliphatic carbocycles. The molecule has 0 atom stereocenters. The highest BCUT2D eigenvalue weighted by atomic mass is 79.9. The molecule has 3 nitrogen and oxygen atoms in total. The van der Waals surface area contributed by atoms with Crippen molar-refractivity contribution in [2.45, 2.75) is 6.42 Å². The Balaban J connectivity index is 2.09. The van der Waals surface area contributed by atoms with Gasteiger partial charge in [-0.3, -0.25) is 4.79 Å². The molecule has 0 spiro atoms. The Labute approximate surface area is 97.2 Å². The van der Waals surface area contributed by atoms with Gasteiger partial charge in [0.1, 0.15) is 6.73 Å². The molecule has 0 radical (unpaired) electrons. The molecule has 0 N–H and O–H groups in total. The van der Waals surface area contributed by atoms with Crippen molar-refractivity contribution in [2.24, 2.45) is 0 Å². The van der Waals surface area contributed by atoms with E-state index in [1.807, 2.05) is 24.3 Å². The summed E-state index contributed by atoms with van der Waals surface area (Å²) in [5.41, 5.74) is 0.712. The maximum atomic E-state index is 11.9. The fraction of sp³-hybridized carbons (Fsp3) is 0.364. The van der Waals surface area contributed by atoms with Crippen LogP contribution in [0.15, 0.2) is 28.7 Å². The van der Waals surface area contributed by atoms with E-state index in [-0.39, 0.29) is 5.91 Å². The average molecular weight is 270 g/mol. The standard InChI is InChI=1S/C11H12BrNO2/c12-10-4-2-9(3-5-10)11(14)13-6-1-7-15-8-13/h2-5H,1,6-8H2. The lowest BCUT2D eigenvalue weighted by Gasteiger charge is -2.26. The van der Waals surface area contributed by atoms with Gasteiger partial charge in [-0.1, -0.05) is 15.9 Å². The van der Waals surface area contributed by atoms with Crippen molar-refractivity contribution in [3.63, 3.8) is 0 Å². The number of amides is 1. The van der Waals surface area contributed by atoms with Crippen molar-refractivity contribution in [1.82, 2.24) is 4.90 Å². The van der Waals surface area contributed by atoms with Crippen molar-refractivity contribution in [3.05, 3.63) is 34.3 Å². The smallest absolute Gasteiger partial charge is 0.255 e. The highest BCUT2D eigenvalue weighted by Crippen LogP contribution is 2.13.